The molecule has 0 aliphatic heterocycles. The molecule has 1 rings (SSSR count). The molecule has 6 N–H and O–H groups in total. The first-order chi connectivity index (χ1) is 5.52. The minimum atomic E-state index is -2.36. The molecule has 0 fully saturated rings. The molecule has 0 amide bonds. The molecule has 1 aromatic rings. The zero-order valence-corrected chi connectivity index (χ0v) is 6.82. The molecule has 1 aromatic heterocycles. The summed E-state index contributed by atoms with van der Waals surface area (Å²) in [5.74, 6) is 0.613. The molecule has 68 valence electrons. The van der Waals surface area contributed by atoms with Crippen molar-refractivity contribution in [2.24, 2.45) is 5.14 Å². The maximum absolute atomic E-state index is 8.78. The van der Waals surface area contributed by atoms with E-state index in [0.717, 1.165) is 0 Å². The molecule has 0 saturated carbocycles. The lowest BCUT2D eigenvalue weighted by Gasteiger charge is -1.89. The molecule has 8 heteroatoms. The van der Waals surface area contributed by atoms with E-state index < -0.39 is 11.3 Å². The number of aromatic nitrogens is 2. The van der Waals surface area contributed by atoms with E-state index in [1.54, 1.807) is 6.07 Å². The Morgan fingerprint density at radius 2 is 2.00 bits per heavy atom. The van der Waals surface area contributed by atoms with E-state index in [-0.39, 0.29) is 5.95 Å². The Balaban J connectivity index is 0.000000261. The van der Waals surface area contributed by atoms with Crippen molar-refractivity contribution < 1.29 is 8.76 Å². The highest BCUT2D eigenvalue weighted by atomic mass is 32.2. The molecule has 0 saturated heterocycles. The lowest BCUT2D eigenvalue weighted by Crippen LogP contribution is -1.97. The van der Waals surface area contributed by atoms with Gasteiger partial charge in [0, 0.05) is 17.5 Å². The van der Waals surface area contributed by atoms with Crippen LogP contribution in [0.15, 0.2) is 12.3 Å². The van der Waals surface area contributed by atoms with Gasteiger partial charge in [0.05, 0.1) is 0 Å². The van der Waals surface area contributed by atoms with Crippen LogP contribution in [0.2, 0.25) is 0 Å². The SMILES string of the molecule is NS(=O)[O-].Nc1ccnc(N)n1. The monoisotopic (exact) mass is 190 g/mol. The normalized spacial score (nSPS) is 11.2. The van der Waals surface area contributed by atoms with E-state index in [9.17, 15) is 0 Å². The van der Waals surface area contributed by atoms with Gasteiger partial charge in [-0.05, 0) is 6.07 Å². The summed E-state index contributed by atoms with van der Waals surface area (Å²) in [6.45, 7) is 0. The van der Waals surface area contributed by atoms with Gasteiger partial charge in [-0.2, -0.15) is 4.98 Å². The fourth-order valence-corrected chi connectivity index (χ4v) is 0.388. The Morgan fingerprint density at radius 3 is 2.25 bits per heavy atom. The zero-order valence-electron chi connectivity index (χ0n) is 6.01. The Morgan fingerprint density at radius 1 is 1.50 bits per heavy atom. The molecule has 1 atom stereocenters. The third kappa shape index (κ3) is 6.86. The van der Waals surface area contributed by atoms with Crippen LogP contribution in [-0.4, -0.2) is 18.7 Å². The lowest BCUT2D eigenvalue weighted by atomic mass is 10.6. The average molecular weight is 190 g/mol. The Labute approximate surface area is 71.4 Å². The number of nitrogen functional groups attached to an aromatic ring is 2. The highest BCUT2D eigenvalue weighted by molar-refractivity contribution is 7.76. The summed E-state index contributed by atoms with van der Waals surface area (Å²) in [5.41, 5.74) is 10.4. The maximum Gasteiger partial charge on any atom is 0.221 e. The summed E-state index contributed by atoms with van der Waals surface area (Å²) in [4.78, 5) is 7.24. The van der Waals surface area contributed by atoms with Crippen molar-refractivity contribution in [3.63, 3.8) is 0 Å². The summed E-state index contributed by atoms with van der Waals surface area (Å²) in [5, 5.41) is 4.03. The minimum Gasteiger partial charge on any atom is -0.760 e. The highest BCUT2D eigenvalue weighted by Crippen LogP contribution is 1.94. The van der Waals surface area contributed by atoms with Crippen LogP contribution in [0.3, 0.4) is 0 Å². The Kier molecular flexibility index (Phi) is 4.84. The molecule has 0 aliphatic rings. The standard InChI is InChI=1S/C4H6N4.H3NO2S/c5-3-1-2-7-4(6)8-3;1-4(2)3/h1-2H,(H4,5,6,7,8);1H2,(H,2,3)/p-1. The van der Waals surface area contributed by atoms with Crippen LogP contribution >= 0.6 is 0 Å². The number of rotatable bonds is 0. The van der Waals surface area contributed by atoms with Crippen molar-refractivity contribution in [3.8, 4) is 0 Å². The lowest BCUT2D eigenvalue weighted by molar-refractivity contribution is 0.539. The molecule has 1 unspecified atom stereocenters. The molecule has 0 spiro atoms. The molecule has 1 heterocycles. The van der Waals surface area contributed by atoms with Gasteiger partial charge in [-0.15, -0.1) is 0 Å². The largest absolute Gasteiger partial charge is 0.760 e. The van der Waals surface area contributed by atoms with Gasteiger partial charge in [0.15, 0.2) is 0 Å². The Hall–Kier alpha value is -1.25. The van der Waals surface area contributed by atoms with Gasteiger partial charge in [-0.3, -0.25) is 9.35 Å². The Bertz CT molecular complexity index is 246. The van der Waals surface area contributed by atoms with Crippen LogP contribution in [0.5, 0.6) is 0 Å². The van der Waals surface area contributed by atoms with E-state index in [0.29, 0.717) is 5.82 Å². The zero-order chi connectivity index (χ0) is 9.56. The average Bonchev–Trinajstić information content (AvgIpc) is 1.84. The predicted octanol–water partition coefficient (Wildman–Crippen LogP) is -1.62. The second kappa shape index (κ2) is 5.41. The first-order valence-corrected chi connectivity index (χ1v) is 3.84. The highest BCUT2D eigenvalue weighted by Gasteiger charge is 1.84. The van der Waals surface area contributed by atoms with Crippen molar-refractivity contribution in [3.05, 3.63) is 12.3 Å². The van der Waals surface area contributed by atoms with Gasteiger partial charge < -0.3 is 16.0 Å². The van der Waals surface area contributed by atoms with Crippen LogP contribution in [0.4, 0.5) is 11.8 Å². The topological polar surface area (TPSA) is 144 Å². The van der Waals surface area contributed by atoms with Gasteiger partial charge in [-0.1, -0.05) is 0 Å². The predicted molar refractivity (Wildman–Crippen MR) is 44.0 cm³/mol. The second-order valence-corrected chi connectivity index (χ2v) is 2.12. The fourth-order valence-electron chi connectivity index (χ4n) is 0.388. The van der Waals surface area contributed by atoms with Gasteiger partial charge in [0.1, 0.15) is 5.82 Å². The van der Waals surface area contributed by atoms with Crippen LogP contribution < -0.4 is 16.6 Å². The van der Waals surface area contributed by atoms with E-state index in [1.807, 2.05) is 0 Å². The summed E-state index contributed by atoms with van der Waals surface area (Å²) in [6.07, 6.45) is 1.51. The van der Waals surface area contributed by atoms with Crippen LogP contribution in [0.1, 0.15) is 0 Å². The third-order valence-electron chi connectivity index (χ3n) is 0.696. The van der Waals surface area contributed by atoms with E-state index >= 15 is 0 Å². The van der Waals surface area contributed by atoms with Crippen LogP contribution in [-0.2, 0) is 11.3 Å². The van der Waals surface area contributed by atoms with Crippen molar-refractivity contribution in [1.29, 1.82) is 0 Å². The number of hydrogen-bond acceptors (Lipinski definition) is 6. The fraction of sp³-hybridized carbons (Fsp3) is 0. The quantitative estimate of drug-likeness (QED) is 0.419. The van der Waals surface area contributed by atoms with E-state index in [1.165, 1.54) is 6.20 Å². The molecule has 0 aliphatic carbocycles. The second-order valence-electron chi connectivity index (χ2n) is 1.60. The van der Waals surface area contributed by atoms with Crippen molar-refractivity contribution >= 4 is 23.0 Å². The third-order valence-corrected chi connectivity index (χ3v) is 0.696. The van der Waals surface area contributed by atoms with E-state index in [4.69, 9.17) is 20.2 Å². The van der Waals surface area contributed by atoms with Crippen molar-refractivity contribution in [2.75, 3.05) is 11.5 Å². The minimum absolute atomic E-state index is 0.213. The molecular weight excluding hydrogens is 182 g/mol. The smallest absolute Gasteiger partial charge is 0.221 e. The molecule has 7 nitrogen and oxygen atoms in total. The molecular formula is C4H8N5O2S-. The van der Waals surface area contributed by atoms with Gasteiger partial charge in [0.2, 0.25) is 5.95 Å². The van der Waals surface area contributed by atoms with Gasteiger partial charge in [0.25, 0.3) is 0 Å². The van der Waals surface area contributed by atoms with Gasteiger partial charge in [-0.25, -0.2) is 4.98 Å². The molecule has 12 heavy (non-hydrogen) atoms. The summed E-state index contributed by atoms with van der Waals surface area (Å²) < 4.78 is 17.6. The van der Waals surface area contributed by atoms with Gasteiger partial charge >= 0.3 is 0 Å². The summed E-state index contributed by atoms with van der Waals surface area (Å²) >= 11 is -2.36. The van der Waals surface area contributed by atoms with Crippen molar-refractivity contribution in [1.82, 2.24) is 9.97 Å². The first-order valence-electron chi connectivity index (χ1n) is 2.70. The molecule has 0 aromatic carbocycles. The number of nitrogens with zero attached hydrogens (tertiary/aromatic N) is 2. The van der Waals surface area contributed by atoms with Crippen LogP contribution in [0, 0.1) is 0 Å². The van der Waals surface area contributed by atoms with Crippen molar-refractivity contribution in [2.45, 2.75) is 0 Å². The van der Waals surface area contributed by atoms with E-state index in [2.05, 4.69) is 15.1 Å². The number of hydrogen-bond donors (Lipinski definition) is 3. The summed E-state index contributed by atoms with van der Waals surface area (Å²) in [7, 11) is 0. The summed E-state index contributed by atoms with van der Waals surface area (Å²) in [6, 6.07) is 1.58. The first kappa shape index (κ1) is 10.8. The molecule has 0 radical (unpaired) electrons. The van der Waals surface area contributed by atoms with Crippen LogP contribution in [0.25, 0.3) is 0 Å². The maximum atomic E-state index is 8.78. The number of nitrogens with two attached hydrogens (primary N) is 3. The molecule has 0 bridgehead atoms. The number of anilines is 2.